The molecule has 0 fully saturated rings. The van der Waals surface area contributed by atoms with Gasteiger partial charge in [-0.2, -0.15) is 0 Å². The first kappa shape index (κ1) is 13.2. The predicted octanol–water partition coefficient (Wildman–Crippen LogP) is 2.32. The van der Waals surface area contributed by atoms with E-state index in [9.17, 15) is 0 Å². The van der Waals surface area contributed by atoms with E-state index in [1.807, 2.05) is 25.3 Å². The molecule has 1 aromatic carbocycles. The van der Waals surface area contributed by atoms with Crippen molar-refractivity contribution < 1.29 is 9.47 Å². The topological polar surface area (TPSA) is 44.5 Å². The number of ether oxygens (including phenoxy) is 2. The van der Waals surface area contributed by atoms with E-state index in [-0.39, 0.29) is 6.04 Å². The summed E-state index contributed by atoms with van der Waals surface area (Å²) in [6, 6.07) is 4.12. The Morgan fingerprint density at radius 2 is 1.75 bits per heavy atom. The molecule has 1 rings (SSSR count). The molecule has 0 aliphatic heterocycles. The molecule has 3 nitrogen and oxygen atoms in total. The number of thioether (sulfide) groups is 1. The maximum atomic E-state index is 5.83. The van der Waals surface area contributed by atoms with Crippen molar-refractivity contribution in [3.63, 3.8) is 0 Å². The Hall–Kier alpha value is -0.870. The quantitative estimate of drug-likeness (QED) is 0.804. The van der Waals surface area contributed by atoms with E-state index in [2.05, 4.69) is 0 Å². The third-order valence-electron chi connectivity index (χ3n) is 2.34. The van der Waals surface area contributed by atoms with Crippen molar-refractivity contribution >= 4 is 11.8 Å². The van der Waals surface area contributed by atoms with Gasteiger partial charge < -0.3 is 15.2 Å². The third kappa shape index (κ3) is 3.06. The SMILES string of the molecule is COc1cc(SC)cc(OC)c1CC(C)N. The molecule has 4 heteroatoms. The van der Waals surface area contributed by atoms with Gasteiger partial charge >= 0.3 is 0 Å². The van der Waals surface area contributed by atoms with Crippen molar-refractivity contribution in [2.45, 2.75) is 24.3 Å². The highest BCUT2D eigenvalue weighted by Gasteiger charge is 2.13. The average molecular weight is 241 g/mol. The highest BCUT2D eigenvalue weighted by atomic mass is 32.2. The van der Waals surface area contributed by atoms with Crippen LogP contribution in [0, 0.1) is 0 Å². The van der Waals surface area contributed by atoms with Crippen molar-refractivity contribution in [1.29, 1.82) is 0 Å². The monoisotopic (exact) mass is 241 g/mol. The number of methoxy groups -OCH3 is 2. The lowest BCUT2D eigenvalue weighted by Gasteiger charge is -2.16. The van der Waals surface area contributed by atoms with Crippen LogP contribution in [-0.2, 0) is 6.42 Å². The molecule has 0 saturated heterocycles. The lowest BCUT2D eigenvalue weighted by Crippen LogP contribution is -2.18. The average Bonchev–Trinajstić information content (AvgIpc) is 2.28. The molecule has 16 heavy (non-hydrogen) atoms. The lowest BCUT2D eigenvalue weighted by atomic mass is 10.1. The van der Waals surface area contributed by atoms with Crippen LogP contribution in [-0.4, -0.2) is 26.5 Å². The lowest BCUT2D eigenvalue weighted by molar-refractivity contribution is 0.381. The number of benzene rings is 1. The van der Waals surface area contributed by atoms with Crippen LogP contribution in [0.5, 0.6) is 11.5 Å². The number of hydrogen-bond acceptors (Lipinski definition) is 4. The third-order valence-corrected chi connectivity index (χ3v) is 3.05. The Morgan fingerprint density at radius 1 is 1.25 bits per heavy atom. The van der Waals surface area contributed by atoms with Gasteiger partial charge in [-0.1, -0.05) is 0 Å². The molecule has 0 amide bonds. The summed E-state index contributed by atoms with van der Waals surface area (Å²) in [5, 5.41) is 0. The Morgan fingerprint density at radius 3 is 2.06 bits per heavy atom. The van der Waals surface area contributed by atoms with Crippen molar-refractivity contribution in [3.05, 3.63) is 17.7 Å². The van der Waals surface area contributed by atoms with Gasteiger partial charge in [0.25, 0.3) is 0 Å². The molecule has 2 N–H and O–H groups in total. The molecule has 0 aromatic heterocycles. The van der Waals surface area contributed by atoms with Gasteiger partial charge in [-0.15, -0.1) is 11.8 Å². The zero-order valence-electron chi connectivity index (χ0n) is 10.2. The molecule has 1 unspecified atom stereocenters. The molecular weight excluding hydrogens is 222 g/mol. The van der Waals surface area contributed by atoms with Crippen LogP contribution in [0.3, 0.4) is 0 Å². The summed E-state index contributed by atoms with van der Waals surface area (Å²) in [7, 11) is 3.34. The van der Waals surface area contributed by atoms with E-state index in [1.54, 1.807) is 26.0 Å². The van der Waals surface area contributed by atoms with Crippen LogP contribution < -0.4 is 15.2 Å². The van der Waals surface area contributed by atoms with Gasteiger partial charge in [0.1, 0.15) is 11.5 Å². The van der Waals surface area contributed by atoms with Gasteiger partial charge in [-0.05, 0) is 31.7 Å². The summed E-state index contributed by atoms with van der Waals surface area (Å²) in [4.78, 5) is 1.13. The van der Waals surface area contributed by atoms with E-state index in [0.717, 1.165) is 28.4 Å². The molecular formula is C12H19NO2S. The Labute approximate surface area is 101 Å². The first-order chi connectivity index (χ1) is 7.62. The summed E-state index contributed by atoms with van der Waals surface area (Å²) in [6.45, 7) is 1.97. The van der Waals surface area contributed by atoms with Crippen molar-refractivity contribution in [3.8, 4) is 11.5 Å². The summed E-state index contributed by atoms with van der Waals surface area (Å²) in [5.41, 5.74) is 6.87. The molecule has 0 saturated carbocycles. The van der Waals surface area contributed by atoms with Gasteiger partial charge in [0.05, 0.1) is 14.2 Å². The number of rotatable bonds is 5. The fourth-order valence-electron chi connectivity index (χ4n) is 1.60. The van der Waals surface area contributed by atoms with Crippen LogP contribution in [0.1, 0.15) is 12.5 Å². The standard InChI is InChI=1S/C12H19NO2S/c1-8(13)5-10-11(14-2)6-9(16-4)7-12(10)15-3/h6-8H,5,13H2,1-4H3. The van der Waals surface area contributed by atoms with E-state index in [1.165, 1.54) is 0 Å². The maximum absolute atomic E-state index is 5.83. The molecule has 1 atom stereocenters. The summed E-state index contributed by atoms with van der Waals surface area (Å²) in [6.07, 6.45) is 2.78. The second kappa shape index (κ2) is 6.01. The minimum Gasteiger partial charge on any atom is -0.496 e. The number of hydrogen-bond donors (Lipinski definition) is 1. The molecule has 0 radical (unpaired) electrons. The van der Waals surface area contributed by atoms with Crippen LogP contribution in [0.15, 0.2) is 17.0 Å². The van der Waals surface area contributed by atoms with Crippen molar-refractivity contribution in [1.82, 2.24) is 0 Å². The second-order valence-electron chi connectivity index (χ2n) is 3.69. The minimum atomic E-state index is 0.0860. The van der Waals surface area contributed by atoms with E-state index in [0.29, 0.717) is 0 Å². The van der Waals surface area contributed by atoms with Gasteiger partial charge in [-0.25, -0.2) is 0 Å². The molecule has 0 spiro atoms. The predicted molar refractivity (Wildman–Crippen MR) is 68.7 cm³/mol. The van der Waals surface area contributed by atoms with Crippen molar-refractivity contribution in [2.75, 3.05) is 20.5 Å². The molecule has 0 heterocycles. The Bertz CT molecular complexity index is 328. The molecule has 1 aromatic rings. The van der Waals surface area contributed by atoms with Gasteiger partial charge in [-0.3, -0.25) is 0 Å². The van der Waals surface area contributed by atoms with Crippen molar-refractivity contribution in [2.24, 2.45) is 5.73 Å². The van der Waals surface area contributed by atoms with E-state index in [4.69, 9.17) is 15.2 Å². The summed E-state index contributed by atoms with van der Waals surface area (Å²) >= 11 is 1.66. The van der Waals surface area contributed by atoms with Crippen LogP contribution >= 0.6 is 11.8 Å². The number of nitrogens with two attached hydrogens (primary N) is 1. The minimum absolute atomic E-state index is 0.0860. The van der Waals surface area contributed by atoms with Gasteiger partial charge in [0.2, 0.25) is 0 Å². The highest BCUT2D eigenvalue weighted by Crippen LogP contribution is 2.34. The fraction of sp³-hybridized carbons (Fsp3) is 0.500. The summed E-state index contributed by atoms with van der Waals surface area (Å²) in [5.74, 6) is 1.70. The smallest absolute Gasteiger partial charge is 0.126 e. The maximum Gasteiger partial charge on any atom is 0.126 e. The summed E-state index contributed by atoms with van der Waals surface area (Å²) < 4.78 is 10.8. The Kier molecular flexibility index (Phi) is 4.96. The zero-order valence-corrected chi connectivity index (χ0v) is 11.1. The molecule has 90 valence electrons. The first-order valence-corrected chi connectivity index (χ1v) is 6.39. The molecule has 0 aliphatic rings. The van der Waals surface area contributed by atoms with E-state index >= 15 is 0 Å². The van der Waals surface area contributed by atoms with Crippen LogP contribution in [0.4, 0.5) is 0 Å². The normalized spacial score (nSPS) is 12.3. The second-order valence-corrected chi connectivity index (χ2v) is 4.57. The fourth-order valence-corrected chi connectivity index (χ4v) is 2.05. The van der Waals surface area contributed by atoms with Gasteiger partial charge in [0, 0.05) is 16.5 Å². The van der Waals surface area contributed by atoms with Crippen LogP contribution in [0.25, 0.3) is 0 Å². The zero-order chi connectivity index (χ0) is 12.1. The van der Waals surface area contributed by atoms with Crippen LogP contribution in [0.2, 0.25) is 0 Å². The van der Waals surface area contributed by atoms with E-state index < -0.39 is 0 Å². The van der Waals surface area contributed by atoms with Gasteiger partial charge in [0.15, 0.2) is 0 Å². The first-order valence-electron chi connectivity index (χ1n) is 5.16. The molecule has 0 aliphatic carbocycles. The highest BCUT2D eigenvalue weighted by molar-refractivity contribution is 7.98. The molecule has 0 bridgehead atoms. The largest absolute Gasteiger partial charge is 0.496 e. The Balaban J connectivity index is 3.20.